The van der Waals surface area contributed by atoms with Gasteiger partial charge in [-0.15, -0.1) is 11.3 Å². The first kappa shape index (κ1) is 15.2. The molecular formula is C17H21N3OS. The summed E-state index contributed by atoms with van der Waals surface area (Å²) in [5.41, 5.74) is 1.92. The van der Waals surface area contributed by atoms with Crippen molar-refractivity contribution in [1.82, 2.24) is 15.5 Å². The number of benzene rings is 1. The highest BCUT2D eigenvalue weighted by atomic mass is 32.1. The molecule has 22 heavy (non-hydrogen) atoms. The number of piperazine rings is 1. The van der Waals surface area contributed by atoms with Crippen LogP contribution in [0.3, 0.4) is 0 Å². The number of hydrogen-bond acceptors (Lipinski definition) is 4. The summed E-state index contributed by atoms with van der Waals surface area (Å²) in [6, 6.07) is 12.6. The van der Waals surface area contributed by atoms with Crippen LogP contribution in [0.4, 0.5) is 0 Å². The Labute approximate surface area is 135 Å². The van der Waals surface area contributed by atoms with Crippen molar-refractivity contribution in [2.75, 3.05) is 26.7 Å². The fourth-order valence-electron chi connectivity index (χ4n) is 2.90. The molecule has 1 amide bonds. The van der Waals surface area contributed by atoms with Crippen molar-refractivity contribution in [3.8, 4) is 0 Å². The smallest absolute Gasteiger partial charge is 0.251 e. The average molecular weight is 315 g/mol. The highest BCUT2D eigenvalue weighted by molar-refractivity contribution is 7.09. The van der Waals surface area contributed by atoms with Gasteiger partial charge in [0.2, 0.25) is 0 Å². The molecule has 0 spiro atoms. The van der Waals surface area contributed by atoms with Gasteiger partial charge in [0, 0.05) is 49.7 Å². The lowest BCUT2D eigenvalue weighted by atomic mass is 10.0. The summed E-state index contributed by atoms with van der Waals surface area (Å²) in [6.45, 7) is 3.92. The molecule has 2 heterocycles. The van der Waals surface area contributed by atoms with Crippen LogP contribution in [-0.2, 0) is 6.54 Å². The van der Waals surface area contributed by atoms with Crippen molar-refractivity contribution < 1.29 is 4.79 Å². The molecule has 1 saturated heterocycles. The summed E-state index contributed by atoms with van der Waals surface area (Å²) >= 11 is 1.80. The van der Waals surface area contributed by atoms with Crippen molar-refractivity contribution in [2.24, 2.45) is 0 Å². The third kappa shape index (κ3) is 3.38. The number of carbonyl (C=O) groups excluding carboxylic acids is 1. The minimum Gasteiger partial charge on any atom is -0.355 e. The van der Waals surface area contributed by atoms with Crippen LogP contribution in [0, 0.1) is 0 Å². The second kappa shape index (κ2) is 7.05. The molecule has 0 saturated carbocycles. The van der Waals surface area contributed by atoms with Gasteiger partial charge in [0.15, 0.2) is 0 Å². The first-order valence-corrected chi connectivity index (χ1v) is 8.45. The quantitative estimate of drug-likeness (QED) is 0.909. The van der Waals surface area contributed by atoms with Crippen molar-refractivity contribution in [3.05, 3.63) is 57.8 Å². The fourth-order valence-corrected chi connectivity index (χ4v) is 3.63. The van der Waals surface area contributed by atoms with Gasteiger partial charge in [-0.05, 0) is 29.1 Å². The normalized spacial score (nSPS) is 19.0. The average Bonchev–Trinajstić information content (AvgIpc) is 3.08. The Kier molecular flexibility index (Phi) is 4.87. The number of carbonyl (C=O) groups is 1. The maximum atomic E-state index is 11.8. The van der Waals surface area contributed by atoms with E-state index in [0.717, 1.165) is 31.7 Å². The Bertz CT molecular complexity index is 627. The van der Waals surface area contributed by atoms with Crippen LogP contribution < -0.4 is 10.6 Å². The van der Waals surface area contributed by atoms with Crippen molar-refractivity contribution in [2.45, 2.75) is 12.6 Å². The SMILES string of the molecule is CNC(=O)c1cccc([C@H]2CNCCN2Cc2cccs2)c1. The second-order valence-electron chi connectivity index (χ2n) is 5.47. The molecule has 2 N–H and O–H groups in total. The van der Waals surface area contributed by atoms with Gasteiger partial charge >= 0.3 is 0 Å². The Hall–Kier alpha value is -1.69. The first-order valence-electron chi connectivity index (χ1n) is 7.57. The minimum atomic E-state index is -0.0320. The van der Waals surface area contributed by atoms with Crippen LogP contribution in [0.5, 0.6) is 0 Å². The third-order valence-corrected chi connectivity index (χ3v) is 4.92. The summed E-state index contributed by atoms with van der Waals surface area (Å²) < 4.78 is 0. The lowest BCUT2D eigenvalue weighted by molar-refractivity contribution is 0.0962. The van der Waals surface area contributed by atoms with E-state index < -0.39 is 0 Å². The molecule has 4 nitrogen and oxygen atoms in total. The van der Waals surface area contributed by atoms with E-state index >= 15 is 0 Å². The molecule has 2 aromatic rings. The summed E-state index contributed by atoms with van der Waals surface area (Å²) in [4.78, 5) is 15.7. The van der Waals surface area contributed by atoms with Gasteiger partial charge in [0.1, 0.15) is 0 Å². The lowest BCUT2D eigenvalue weighted by Gasteiger charge is -2.36. The molecule has 0 bridgehead atoms. The second-order valence-corrected chi connectivity index (χ2v) is 6.51. The molecule has 1 aromatic heterocycles. The van der Waals surface area contributed by atoms with Crippen LogP contribution in [-0.4, -0.2) is 37.5 Å². The number of thiophene rings is 1. The Morgan fingerprint density at radius 3 is 3.09 bits per heavy atom. The lowest BCUT2D eigenvalue weighted by Crippen LogP contribution is -2.45. The maximum absolute atomic E-state index is 11.8. The van der Waals surface area contributed by atoms with Crippen molar-refractivity contribution in [1.29, 1.82) is 0 Å². The van der Waals surface area contributed by atoms with Gasteiger partial charge in [0.05, 0.1) is 0 Å². The molecular weight excluding hydrogens is 294 g/mol. The van der Waals surface area contributed by atoms with E-state index in [4.69, 9.17) is 0 Å². The first-order chi connectivity index (χ1) is 10.8. The predicted molar refractivity (Wildman–Crippen MR) is 90.2 cm³/mol. The van der Waals surface area contributed by atoms with Gasteiger partial charge in [0.25, 0.3) is 5.91 Å². The van der Waals surface area contributed by atoms with Crippen LogP contribution >= 0.6 is 11.3 Å². The van der Waals surface area contributed by atoms with E-state index in [9.17, 15) is 4.79 Å². The number of amides is 1. The zero-order chi connectivity index (χ0) is 15.4. The summed E-state index contributed by atoms with van der Waals surface area (Å²) in [5, 5.41) is 8.28. The van der Waals surface area contributed by atoms with Crippen LogP contribution in [0.1, 0.15) is 26.8 Å². The van der Waals surface area contributed by atoms with Crippen LogP contribution in [0.2, 0.25) is 0 Å². The largest absolute Gasteiger partial charge is 0.355 e. The standard InChI is InChI=1S/C17H21N3OS/c1-18-17(21)14-5-2-4-13(10-14)16-11-19-7-8-20(16)12-15-6-3-9-22-15/h2-6,9-10,16,19H,7-8,11-12H2,1H3,(H,18,21)/t16-/m1/s1. The predicted octanol–water partition coefficient (Wildman–Crippen LogP) is 2.25. The van der Waals surface area contributed by atoms with Crippen molar-refractivity contribution >= 4 is 17.2 Å². The Morgan fingerprint density at radius 1 is 1.41 bits per heavy atom. The molecule has 3 rings (SSSR count). The molecule has 0 radical (unpaired) electrons. The number of nitrogens with zero attached hydrogens (tertiary/aromatic N) is 1. The Morgan fingerprint density at radius 2 is 2.32 bits per heavy atom. The molecule has 5 heteroatoms. The van der Waals surface area contributed by atoms with Crippen LogP contribution in [0.25, 0.3) is 0 Å². The zero-order valence-corrected chi connectivity index (χ0v) is 13.5. The van der Waals surface area contributed by atoms with E-state index in [0.29, 0.717) is 6.04 Å². The maximum Gasteiger partial charge on any atom is 0.251 e. The molecule has 1 aromatic carbocycles. The molecule has 116 valence electrons. The zero-order valence-electron chi connectivity index (χ0n) is 12.7. The monoisotopic (exact) mass is 315 g/mol. The van der Waals surface area contributed by atoms with Gasteiger partial charge in [-0.1, -0.05) is 18.2 Å². The Balaban J connectivity index is 1.82. The van der Waals surface area contributed by atoms with Gasteiger partial charge < -0.3 is 10.6 Å². The number of nitrogens with one attached hydrogen (secondary N) is 2. The molecule has 1 aliphatic rings. The highest BCUT2D eigenvalue weighted by Gasteiger charge is 2.24. The summed E-state index contributed by atoms with van der Waals surface area (Å²) in [5.74, 6) is -0.0320. The molecule has 0 unspecified atom stereocenters. The molecule has 1 atom stereocenters. The highest BCUT2D eigenvalue weighted by Crippen LogP contribution is 2.26. The van der Waals surface area contributed by atoms with Gasteiger partial charge in [-0.3, -0.25) is 9.69 Å². The topological polar surface area (TPSA) is 44.4 Å². The molecule has 0 aliphatic carbocycles. The molecule has 1 fully saturated rings. The van der Waals surface area contributed by atoms with Gasteiger partial charge in [-0.2, -0.15) is 0 Å². The van der Waals surface area contributed by atoms with E-state index in [1.54, 1.807) is 18.4 Å². The molecule has 1 aliphatic heterocycles. The summed E-state index contributed by atoms with van der Waals surface area (Å²) in [6.07, 6.45) is 0. The van der Waals surface area contributed by atoms with E-state index in [1.807, 2.05) is 18.2 Å². The fraction of sp³-hybridized carbons (Fsp3) is 0.353. The van der Waals surface area contributed by atoms with Crippen LogP contribution in [0.15, 0.2) is 41.8 Å². The van der Waals surface area contributed by atoms with E-state index in [2.05, 4.69) is 39.1 Å². The minimum absolute atomic E-state index is 0.0320. The third-order valence-electron chi connectivity index (χ3n) is 4.05. The number of rotatable bonds is 4. The van der Waals surface area contributed by atoms with Crippen molar-refractivity contribution in [3.63, 3.8) is 0 Å². The van der Waals surface area contributed by atoms with Gasteiger partial charge in [-0.25, -0.2) is 0 Å². The number of hydrogen-bond donors (Lipinski definition) is 2. The summed E-state index contributed by atoms with van der Waals surface area (Å²) in [7, 11) is 1.67. The van der Waals surface area contributed by atoms with E-state index in [1.165, 1.54) is 10.4 Å². The van der Waals surface area contributed by atoms with E-state index in [-0.39, 0.29) is 5.91 Å².